The third-order valence-corrected chi connectivity index (χ3v) is 9.90. The van der Waals surface area contributed by atoms with Crippen molar-refractivity contribution in [3.05, 3.63) is 169 Å². The van der Waals surface area contributed by atoms with Crippen LogP contribution in [-0.2, 0) is 6.42 Å². The van der Waals surface area contributed by atoms with Crippen LogP contribution in [-0.4, -0.2) is 14.5 Å². The average Bonchev–Trinajstić information content (AvgIpc) is 3.74. The van der Waals surface area contributed by atoms with Gasteiger partial charge in [0.25, 0.3) is 0 Å². The van der Waals surface area contributed by atoms with Crippen LogP contribution in [0.25, 0.3) is 89.6 Å². The molecule has 0 saturated heterocycles. The number of benzene rings is 6. The smallest absolute Gasteiger partial charge is 0.161 e. The van der Waals surface area contributed by atoms with Gasteiger partial charge in [-0.05, 0) is 65.9 Å². The van der Waals surface area contributed by atoms with E-state index in [4.69, 9.17) is 14.4 Å². The normalized spacial score (nSPS) is 12.6. The van der Waals surface area contributed by atoms with Crippen LogP contribution in [0.4, 0.5) is 0 Å². The van der Waals surface area contributed by atoms with Gasteiger partial charge in [0.2, 0.25) is 0 Å². The van der Waals surface area contributed by atoms with E-state index in [-0.39, 0.29) is 0 Å². The van der Waals surface area contributed by atoms with E-state index in [0.29, 0.717) is 5.82 Å². The zero-order valence-corrected chi connectivity index (χ0v) is 27.3. The minimum atomic E-state index is 0.673. The largest absolute Gasteiger partial charge is 0.456 e. The molecule has 4 nitrogen and oxygen atoms in total. The van der Waals surface area contributed by atoms with Crippen LogP contribution in [0.1, 0.15) is 17.7 Å². The highest BCUT2D eigenvalue weighted by molar-refractivity contribution is 6.12. The molecule has 1 aliphatic rings. The number of rotatable bonds is 5. The molecule has 0 fully saturated rings. The van der Waals surface area contributed by atoms with Crippen molar-refractivity contribution in [3.63, 3.8) is 0 Å². The van der Waals surface area contributed by atoms with Gasteiger partial charge in [0.15, 0.2) is 5.82 Å². The molecule has 0 amide bonds. The summed E-state index contributed by atoms with van der Waals surface area (Å²) in [6.45, 7) is 0. The Bertz CT molecular complexity index is 2680. The molecule has 4 heteroatoms. The fourth-order valence-electron chi connectivity index (χ4n) is 7.64. The van der Waals surface area contributed by atoms with Crippen LogP contribution in [0.15, 0.2) is 162 Å². The van der Waals surface area contributed by atoms with Crippen molar-refractivity contribution in [2.75, 3.05) is 0 Å². The van der Waals surface area contributed by atoms with E-state index in [1.807, 2.05) is 48.5 Å². The van der Waals surface area contributed by atoms with Crippen molar-refractivity contribution in [2.45, 2.75) is 12.8 Å². The van der Waals surface area contributed by atoms with Crippen LogP contribution >= 0.6 is 0 Å². The molecule has 1 aliphatic carbocycles. The van der Waals surface area contributed by atoms with E-state index in [0.717, 1.165) is 68.5 Å². The minimum Gasteiger partial charge on any atom is -0.456 e. The fraction of sp³-hybridized carbons (Fsp3) is 0.0435. The number of aryl methyl sites for hydroxylation is 1. The second-order valence-electron chi connectivity index (χ2n) is 12.9. The number of fused-ring (bicyclic) bond motifs is 6. The summed E-state index contributed by atoms with van der Waals surface area (Å²) >= 11 is 0. The average molecular weight is 642 g/mol. The summed E-state index contributed by atoms with van der Waals surface area (Å²) in [5.41, 5.74) is 13.9. The summed E-state index contributed by atoms with van der Waals surface area (Å²) in [6, 6.07) is 52.9. The summed E-state index contributed by atoms with van der Waals surface area (Å²) < 4.78 is 9.05. The Morgan fingerprint density at radius 3 is 1.92 bits per heavy atom. The van der Waals surface area contributed by atoms with E-state index >= 15 is 0 Å². The van der Waals surface area contributed by atoms with E-state index < -0.39 is 0 Å². The summed E-state index contributed by atoms with van der Waals surface area (Å²) in [6.07, 6.45) is 6.64. The Balaban J connectivity index is 1.17. The highest BCUT2D eigenvalue weighted by Crippen LogP contribution is 2.42. The number of furan rings is 1. The van der Waals surface area contributed by atoms with Gasteiger partial charge in [0.1, 0.15) is 11.2 Å². The lowest BCUT2D eigenvalue weighted by atomic mass is 9.94. The van der Waals surface area contributed by atoms with Crippen molar-refractivity contribution < 1.29 is 4.42 Å². The monoisotopic (exact) mass is 641 g/mol. The maximum absolute atomic E-state index is 6.65. The molecule has 50 heavy (non-hydrogen) atoms. The highest BCUT2D eigenvalue weighted by Gasteiger charge is 2.23. The second kappa shape index (κ2) is 11.6. The molecule has 0 saturated carbocycles. The topological polar surface area (TPSA) is 43.9 Å². The summed E-state index contributed by atoms with van der Waals surface area (Å²) in [7, 11) is 0. The quantitative estimate of drug-likeness (QED) is 0.188. The predicted octanol–water partition coefficient (Wildman–Crippen LogP) is 11.9. The fourth-order valence-corrected chi connectivity index (χ4v) is 7.64. The summed E-state index contributed by atoms with van der Waals surface area (Å²) in [4.78, 5) is 10.3. The van der Waals surface area contributed by atoms with Crippen molar-refractivity contribution in [3.8, 4) is 50.7 Å². The molecule has 3 aromatic heterocycles. The molecule has 0 unspecified atom stereocenters. The van der Waals surface area contributed by atoms with Gasteiger partial charge in [-0.3, -0.25) is 0 Å². The standard InChI is InChI=1S/C46H31N3O/c1-4-14-30(15-5-1)34-21-12-24-41-44(34)35-20-10-11-23-40(35)49(41)33-26-27-36-43(28-33)50-42-25-13-22-37(45(36)42)46-47-38(31-16-6-2-7-17-31)29-39(48-46)32-18-8-3-9-19-32/h1-9,11-19,21-29H,10,20H2. The van der Waals surface area contributed by atoms with Crippen molar-refractivity contribution in [2.24, 2.45) is 0 Å². The molecule has 0 atom stereocenters. The van der Waals surface area contributed by atoms with E-state index in [1.54, 1.807) is 0 Å². The lowest BCUT2D eigenvalue weighted by molar-refractivity contribution is 0.668. The van der Waals surface area contributed by atoms with Crippen molar-refractivity contribution in [1.82, 2.24) is 14.5 Å². The first-order valence-electron chi connectivity index (χ1n) is 17.1. The Kier molecular flexibility index (Phi) is 6.59. The predicted molar refractivity (Wildman–Crippen MR) is 205 cm³/mol. The molecule has 0 radical (unpaired) electrons. The zero-order valence-electron chi connectivity index (χ0n) is 27.3. The summed E-state index contributed by atoms with van der Waals surface area (Å²) in [5, 5.41) is 3.39. The third kappa shape index (κ3) is 4.61. The Hall–Kier alpha value is -6.52. The molecule has 10 rings (SSSR count). The number of hydrogen-bond donors (Lipinski definition) is 0. The van der Waals surface area contributed by atoms with Crippen molar-refractivity contribution in [1.29, 1.82) is 0 Å². The van der Waals surface area contributed by atoms with Gasteiger partial charge in [-0.15, -0.1) is 0 Å². The molecular weight excluding hydrogens is 611 g/mol. The first-order chi connectivity index (χ1) is 24.8. The Morgan fingerprint density at radius 2 is 1.20 bits per heavy atom. The first kappa shape index (κ1) is 28.5. The van der Waals surface area contributed by atoms with E-state index in [2.05, 4.69) is 120 Å². The van der Waals surface area contributed by atoms with Crippen LogP contribution in [0.5, 0.6) is 0 Å². The maximum atomic E-state index is 6.65. The molecule has 0 N–H and O–H groups in total. The molecule has 6 aromatic carbocycles. The van der Waals surface area contributed by atoms with Gasteiger partial charge in [-0.25, -0.2) is 9.97 Å². The molecule has 0 bridgehead atoms. The molecule has 0 aliphatic heterocycles. The number of allylic oxidation sites excluding steroid dienone is 1. The van der Waals surface area contributed by atoms with Gasteiger partial charge in [-0.1, -0.05) is 121 Å². The van der Waals surface area contributed by atoms with Gasteiger partial charge >= 0.3 is 0 Å². The molecule has 236 valence electrons. The molecule has 9 aromatic rings. The highest BCUT2D eigenvalue weighted by atomic mass is 16.3. The van der Waals surface area contributed by atoms with Gasteiger partial charge < -0.3 is 8.98 Å². The Morgan fingerprint density at radius 1 is 0.540 bits per heavy atom. The number of nitrogens with zero attached hydrogens (tertiary/aromatic N) is 3. The van der Waals surface area contributed by atoms with E-state index in [1.165, 1.54) is 33.3 Å². The molecular formula is C46H31N3O. The first-order valence-corrected chi connectivity index (χ1v) is 17.1. The lowest BCUT2D eigenvalue weighted by Crippen LogP contribution is -2.00. The zero-order chi connectivity index (χ0) is 33.0. The van der Waals surface area contributed by atoms with Crippen molar-refractivity contribution >= 4 is 38.9 Å². The van der Waals surface area contributed by atoms with E-state index in [9.17, 15) is 0 Å². The lowest BCUT2D eigenvalue weighted by Gasteiger charge is -2.12. The van der Waals surface area contributed by atoms with Crippen LogP contribution in [0.3, 0.4) is 0 Å². The number of hydrogen-bond acceptors (Lipinski definition) is 3. The Labute approximate surface area is 289 Å². The third-order valence-electron chi connectivity index (χ3n) is 9.90. The van der Waals surface area contributed by atoms with Crippen LogP contribution in [0.2, 0.25) is 0 Å². The minimum absolute atomic E-state index is 0.673. The van der Waals surface area contributed by atoms with Gasteiger partial charge in [-0.2, -0.15) is 0 Å². The maximum Gasteiger partial charge on any atom is 0.161 e. The molecule has 0 spiro atoms. The van der Waals surface area contributed by atoms with Gasteiger partial charge in [0, 0.05) is 50.3 Å². The number of aromatic nitrogens is 3. The molecule has 3 heterocycles. The SMILES string of the molecule is C1=Cc2c(c3c(-c4ccccc4)cccc3n2-c2ccc3c(c2)oc2cccc(-c4nc(-c5ccccc5)cc(-c5ccccc5)n4)c23)CC1. The summed E-state index contributed by atoms with van der Waals surface area (Å²) in [5.74, 6) is 0.673. The van der Waals surface area contributed by atoms with Crippen LogP contribution in [0, 0.1) is 0 Å². The van der Waals surface area contributed by atoms with Gasteiger partial charge in [0.05, 0.1) is 16.9 Å². The van der Waals surface area contributed by atoms with Crippen LogP contribution < -0.4 is 0 Å². The second-order valence-corrected chi connectivity index (χ2v) is 12.9.